The number of benzene rings is 1. The standard InChI is InChI=1S/C14H20N4O/c1-4-18(3)14-16-13(19-17-14)9-10(2)11-5-7-12(15)8-6-11/h5-8,10H,4,9,15H2,1-3H3. The molecule has 2 aromatic rings. The third-order valence-corrected chi connectivity index (χ3v) is 3.26. The van der Waals surface area contributed by atoms with Gasteiger partial charge in [-0.2, -0.15) is 4.98 Å². The van der Waals surface area contributed by atoms with E-state index < -0.39 is 0 Å². The molecule has 5 heteroatoms. The summed E-state index contributed by atoms with van der Waals surface area (Å²) in [7, 11) is 1.94. The SMILES string of the molecule is CCN(C)c1noc(CC(C)c2ccc(N)cc2)n1. The largest absolute Gasteiger partial charge is 0.399 e. The highest BCUT2D eigenvalue weighted by Crippen LogP contribution is 2.21. The number of hydrogen-bond acceptors (Lipinski definition) is 5. The topological polar surface area (TPSA) is 68.2 Å². The Morgan fingerprint density at radius 3 is 2.63 bits per heavy atom. The average Bonchev–Trinajstić information content (AvgIpc) is 2.87. The van der Waals surface area contributed by atoms with Crippen molar-refractivity contribution in [3.05, 3.63) is 35.7 Å². The molecule has 1 heterocycles. The maximum absolute atomic E-state index is 5.68. The molecule has 0 aliphatic carbocycles. The van der Waals surface area contributed by atoms with Gasteiger partial charge in [0.1, 0.15) is 0 Å². The van der Waals surface area contributed by atoms with E-state index in [0.717, 1.165) is 18.7 Å². The summed E-state index contributed by atoms with van der Waals surface area (Å²) >= 11 is 0. The van der Waals surface area contributed by atoms with Gasteiger partial charge in [0.25, 0.3) is 5.95 Å². The van der Waals surface area contributed by atoms with Gasteiger partial charge in [0.2, 0.25) is 5.89 Å². The number of nitrogens with two attached hydrogens (primary N) is 1. The smallest absolute Gasteiger partial charge is 0.265 e. The van der Waals surface area contributed by atoms with Crippen LogP contribution >= 0.6 is 0 Å². The van der Waals surface area contributed by atoms with Gasteiger partial charge in [0.05, 0.1) is 0 Å². The average molecular weight is 260 g/mol. The fourth-order valence-corrected chi connectivity index (χ4v) is 1.83. The molecule has 0 aliphatic heterocycles. The molecular formula is C14H20N4O. The molecule has 2 rings (SSSR count). The van der Waals surface area contributed by atoms with E-state index in [2.05, 4.69) is 17.1 Å². The van der Waals surface area contributed by atoms with Gasteiger partial charge in [0.15, 0.2) is 0 Å². The summed E-state index contributed by atoms with van der Waals surface area (Å²) in [6.45, 7) is 5.04. The van der Waals surface area contributed by atoms with Crippen molar-refractivity contribution in [1.82, 2.24) is 10.1 Å². The van der Waals surface area contributed by atoms with Gasteiger partial charge >= 0.3 is 0 Å². The van der Waals surface area contributed by atoms with Gasteiger partial charge in [-0.05, 0) is 35.7 Å². The number of anilines is 2. The van der Waals surface area contributed by atoms with Crippen molar-refractivity contribution in [2.24, 2.45) is 0 Å². The lowest BCUT2D eigenvalue weighted by atomic mass is 9.98. The summed E-state index contributed by atoms with van der Waals surface area (Å²) in [5.74, 6) is 1.63. The zero-order valence-corrected chi connectivity index (χ0v) is 11.6. The number of hydrogen-bond donors (Lipinski definition) is 1. The molecule has 2 N–H and O–H groups in total. The van der Waals surface area contributed by atoms with Gasteiger partial charge in [0, 0.05) is 25.7 Å². The van der Waals surface area contributed by atoms with Crippen molar-refractivity contribution in [1.29, 1.82) is 0 Å². The van der Waals surface area contributed by atoms with E-state index in [1.165, 1.54) is 5.56 Å². The summed E-state index contributed by atoms with van der Waals surface area (Å²) in [5, 5.41) is 3.97. The molecule has 0 amide bonds. The maximum atomic E-state index is 5.68. The van der Waals surface area contributed by atoms with Crippen LogP contribution in [-0.2, 0) is 6.42 Å². The van der Waals surface area contributed by atoms with Crippen molar-refractivity contribution < 1.29 is 4.52 Å². The number of aromatic nitrogens is 2. The van der Waals surface area contributed by atoms with Crippen LogP contribution in [0, 0.1) is 0 Å². The molecule has 0 fully saturated rings. The van der Waals surface area contributed by atoms with Crippen molar-refractivity contribution in [3.63, 3.8) is 0 Å². The van der Waals surface area contributed by atoms with Crippen molar-refractivity contribution in [2.75, 3.05) is 24.2 Å². The van der Waals surface area contributed by atoms with Gasteiger partial charge < -0.3 is 15.2 Å². The van der Waals surface area contributed by atoms with E-state index in [0.29, 0.717) is 17.8 Å². The number of rotatable bonds is 5. The fraction of sp³-hybridized carbons (Fsp3) is 0.429. The van der Waals surface area contributed by atoms with Gasteiger partial charge in [-0.1, -0.05) is 19.1 Å². The highest BCUT2D eigenvalue weighted by Gasteiger charge is 2.13. The van der Waals surface area contributed by atoms with Crippen LogP contribution in [0.15, 0.2) is 28.8 Å². The molecule has 1 aromatic carbocycles. The first-order chi connectivity index (χ1) is 9.10. The Morgan fingerprint density at radius 1 is 1.32 bits per heavy atom. The first-order valence-electron chi connectivity index (χ1n) is 6.49. The van der Waals surface area contributed by atoms with E-state index in [1.807, 2.05) is 43.1 Å². The molecule has 1 unspecified atom stereocenters. The second-order valence-electron chi connectivity index (χ2n) is 4.77. The number of nitrogen functional groups attached to an aromatic ring is 1. The van der Waals surface area contributed by atoms with Crippen LogP contribution in [0.1, 0.15) is 31.2 Å². The molecule has 5 nitrogen and oxygen atoms in total. The zero-order valence-electron chi connectivity index (χ0n) is 11.6. The highest BCUT2D eigenvalue weighted by atomic mass is 16.5. The molecule has 0 aliphatic rings. The molecule has 0 spiro atoms. The summed E-state index contributed by atoms with van der Waals surface area (Å²) in [6, 6.07) is 7.90. The molecule has 102 valence electrons. The van der Waals surface area contributed by atoms with E-state index in [9.17, 15) is 0 Å². The van der Waals surface area contributed by atoms with Crippen LogP contribution in [0.2, 0.25) is 0 Å². The van der Waals surface area contributed by atoms with E-state index in [4.69, 9.17) is 10.3 Å². The van der Waals surface area contributed by atoms with Crippen molar-refractivity contribution in [2.45, 2.75) is 26.2 Å². The van der Waals surface area contributed by atoms with Crippen molar-refractivity contribution >= 4 is 11.6 Å². The fourth-order valence-electron chi connectivity index (χ4n) is 1.83. The van der Waals surface area contributed by atoms with Crippen LogP contribution in [0.5, 0.6) is 0 Å². The monoisotopic (exact) mass is 260 g/mol. The Morgan fingerprint density at radius 2 is 2.00 bits per heavy atom. The van der Waals surface area contributed by atoms with E-state index >= 15 is 0 Å². The number of nitrogens with zero attached hydrogens (tertiary/aromatic N) is 3. The summed E-state index contributed by atoms with van der Waals surface area (Å²) in [6.07, 6.45) is 0.731. The Hall–Kier alpha value is -2.04. The Balaban J connectivity index is 2.04. The normalized spacial score (nSPS) is 12.4. The molecule has 19 heavy (non-hydrogen) atoms. The van der Waals surface area contributed by atoms with Crippen LogP contribution in [-0.4, -0.2) is 23.7 Å². The highest BCUT2D eigenvalue weighted by molar-refractivity contribution is 5.40. The predicted octanol–water partition coefficient (Wildman–Crippen LogP) is 2.45. The minimum atomic E-state index is 0.320. The lowest BCUT2D eigenvalue weighted by molar-refractivity contribution is 0.371. The minimum Gasteiger partial charge on any atom is -0.399 e. The van der Waals surface area contributed by atoms with Crippen LogP contribution in [0.25, 0.3) is 0 Å². The zero-order chi connectivity index (χ0) is 13.8. The van der Waals surface area contributed by atoms with Crippen LogP contribution in [0.3, 0.4) is 0 Å². The van der Waals surface area contributed by atoms with Gasteiger partial charge in [-0.25, -0.2) is 0 Å². The third kappa shape index (κ3) is 3.24. The first kappa shape index (κ1) is 13.4. The summed E-state index contributed by atoms with van der Waals surface area (Å²) < 4.78 is 5.28. The molecule has 1 aromatic heterocycles. The quantitative estimate of drug-likeness (QED) is 0.836. The molecule has 1 atom stereocenters. The lowest BCUT2D eigenvalue weighted by Gasteiger charge is -2.10. The Labute approximate surface area is 113 Å². The summed E-state index contributed by atoms with van der Waals surface area (Å²) in [5.41, 5.74) is 7.68. The first-order valence-corrected chi connectivity index (χ1v) is 6.49. The predicted molar refractivity (Wildman–Crippen MR) is 76.2 cm³/mol. The summed E-state index contributed by atoms with van der Waals surface area (Å²) in [4.78, 5) is 6.33. The molecule has 0 saturated heterocycles. The van der Waals surface area contributed by atoms with Crippen LogP contribution in [0.4, 0.5) is 11.6 Å². The third-order valence-electron chi connectivity index (χ3n) is 3.26. The van der Waals surface area contributed by atoms with E-state index in [-0.39, 0.29) is 0 Å². The van der Waals surface area contributed by atoms with Crippen LogP contribution < -0.4 is 10.6 Å². The maximum Gasteiger partial charge on any atom is 0.265 e. The van der Waals surface area contributed by atoms with Crippen molar-refractivity contribution in [3.8, 4) is 0 Å². The second-order valence-corrected chi connectivity index (χ2v) is 4.77. The molecule has 0 saturated carbocycles. The molecule has 0 radical (unpaired) electrons. The van der Waals surface area contributed by atoms with Gasteiger partial charge in [-0.3, -0.25) is 0 Å². The molecule has 0 bridgehead atoms. The Bertz CT molecular complexity index is 520. The second kappa shape index (κ2) is 5.73. The lowest BCUT2D eigenvalue weighted by Crippen LogP contribution is -2.17. The molecular weight excluding hydrogens is 240 g/mol. The van der Waals surface area contributed by atoms with E-state index in [1.54, 1.807) is 0 Å². The van der Waals surface area contributed by atoms with Gasteiger partial charge in [-0.15, -0.1) is 0 Å². The Kier molecular flexibility index (Phi) is 4.04. The minimum absolute atomic E-state index is 0.320.